The van der Waals surface area contributed by atoms with Gasteiger partial charge in [-0.1, -0.05) is 23.2 Å². The molecule has 2 amide bonds. The molecule has 0 bridgehead atoms. The van der Waals surface area contributed by atoms with E-state index < -0.39 is 5.56 Å². The lowest BCUT2D eigenvalue weighted by molar-refractivity contribution is 0.168. The molecule has 1 fully saturated rings. The van der Waals surface area contributed by atoms with Crippen LogP contribution in [0.5, 0.6) is 0 Å². The summed E-state index contributed by atoms with van der Waals surface area (Å²) in [5.74, 6) is 0. The molecule has 9 heteroatoms. The fraction of sp³-hybridized carbons (Fsp3) is 0.353. The number of carbonyl (C=O) groups excluding carboxylic acids is 1. The zero-order valence-electron chi connectivity index (χ0n) is 14.5. The molecule has 0 aliphatic carbocycles. The van der Waals surface area contributed by atoms with Crippen LogP contribution in [0.1, 0.15) is 0 Å². The van der Waals surface area contributed by atoms with Gasteiger partial charge >= 0.3 is 6.03 Å². The summed E-state index contributed by atoms with van der Waals surface area (Å²) < 4.78 is 1.24. The molecule has 1 aliphatic rings. The topological polar surface area (TPSA) is 61.7 Å². The van der Waals surface area contributed by atoms with Crippen LogP contribution < -0.4 is 10.5 Å². The number of hydrogen-bond donors (Lipinski definition) is 0. The van der Waals surface area contributed by atoms with Crippen LogP contribution in [-0.2, 0) is 0 Å². The maximum Gasteiger partial charge on any atom is 0.319 e. The Balaban J connectivity index is 1.80. The van der Waals surface area contributed by atoms with Crippen LogP contribution in [-0.4, -0.2) is 65.9 Å². The molecule has 7 nitrogen and oxygen atoms in total. The van der Waals surface area contributed by atoms with Crippen molar-refractivity contribution in [3.05, 3.63) is 50.9 Å². The lowest BCUT2D eigenvalue weighted by Gasteiger charge is -2.37. The van der Waals surface area contributed by atoms with Gasteiger partial charge in [0, 0.05) is 45.3 Å². The number of amides is 2. The Morgan fingerprint density at radius 3 is 2.27 bits per heavy atom. The van der Waals surface area contributed by atoms with Gasteiger partial charge in [-0.15, -0.1) is 0 Å². The third kappa shape index (κ3) is 3.64. The van der Waals surface area contributed by atoms with Crippen molar-refractivity contribution in [2.75, 3.05) is 45.2 Å². The third-order valence-corrected chi connectivity index (χ3v) is 4.85. The number of rotatable bonds is 2. The van der Waals surface area contributed by atoms with E-state index in [9.17, 15) is 9.59 Å². The summed E-state index contributed by atoms with van der Waals surface area (Å²) in [5.41, 5.74) is 0.784. The molecule has 1 aromatic carbocycles. The van der Waals surface area contributed by atoms with E-state index in [-0.39, 0.29) is 11.1 Å². The summed E-state index contributed by atoms with van der Waals surface area (Å²) >= 11 is 12.2. The number of hydrogen-bond acceptors (Lipinski definition) is 4. The zero-order chi connectivity index (χ0) is 18.8. The minimum Gasteiger partial charge on any atom is -0.365 e. The molecule has 1 saturated heterocycles. The van der Waals surface area contributed by atoms with Gasteiger partial charge in [0.25, 0.3) is 5.56 Å². The molecular formula is C17H19Cl2N5O2. The number of piperazine rings is 1. The van der Waals surface area contributed by atoms with E-state index in [0.29, 0.717) is 42.6 Å². The molecule has 0 saturated carbocycles. The van der Waals surface area contributed by atoms with Crippen molar-refractivity contribution in [1.29, 1.82) is 0 Å². The summed E-state index contributed by atoms with van der Waals surface area (Å²) in [7, 11) is 3.46. The molecule has 1 aromatic heterocycles. The number of halogens is 2. The second-order valence-electron chi connectivity index (χ2n) is 6.19. The van der Waals surface area contributed by atoms with Gasteiger partial charge in [-0.3, -0.25) is 4.79 Å². The van der Waals surface area contributed by atoms with E-state index in [4.69, 9.17) is 23.2 Å². The van der Waals surface area contributed by atoms with E-state index >= 15 is 0 Å². The van der Waals surface area contributed by atoms with E-state index in [1.165, 1.54) is 4.68 Å². The monoisotopic (exact) mass is 395 g/mol. The Labute approximate surface area is 161 Å². The molecule has 138 valence electrons. The summed E-state index contributed by atoms with van der Waals surface area (Å²) in [4.78, 5) is 29.9. The minimum atomic E-state index is -0.390. The first-order valence-electron chi connectivity index (χ1n) is 8.13. The smallest absolute Gasteiger partial charge is 0.319 e. The normalized spacial score (nSPS) is 14.5. The van der Waals surface area contributed by atoms with Crippen molar-refractivity contribution in [3.8, 4) is 5.69 Å². The fourth-order valence-electron chi connectivity index (χ4n) is 2.83. The summed E-state index contributed by atoms with van der Waals surface area (Å²) in [6.07, 6.45) is 1.59. The largest absolute Gasteiger partial charge is 0.365 e. The van der Waals surface area contributed by atoms with Crippen LogP contribution in [0.25, 0.3) is 5.69 Å². The van der Waals surface area contributed by atoms with Crippen LogP contribution in [0.3, 0.4) is 0 Å². The number of anilines is 1. The SMILES string of the molecule is CN(C)C(=O)N1CCN(c2cnn(-c3ccc(Cl)cc3)c(=O)c2Cl)CC1. The predicted molar refractivity (Wildman–Crippen MR) is 103 cm³/mol. The Bertz CT molecular complexity index is 858. The second-order valence-corrected chi connectivity index (χ2v) is 7.00. The average Bonchev–Trinajstić information content (AvgIpc) is 2.64. The molecule has 0 unspecified atom stereocenters. The van der Waals surface area contributed by atoms with Gasteiger partial charge in [0.15, 0.2) is 0 Å². The first kappa shape index (κ1) is 18.5. The Morgan fingerprint density at radius 1 is 1.08 bits per heavy atom. The number of aromatic nitrogens is 2. The highest BCUT2D eigenvalue weighted by atomic mass is 35.5. The summed E-state index contributed by atoms with van der Waals surface area (Å²) in [6.45, 7) is 2.30. The second kappa shape index (κ2) is 7.55. The average molecular weight is 396 g/mol. The van der Waals surface area contributed by atoms with Crippen molar-refractivity contribution in [2.24, 2.45) is 0 Å². The van der Waals surface area contributed by atoms with Crippen molar-refractivity contribution < 1.29 is 4.79 Å². The standard InChI is InChI=1S/C17H19Cl2N5O2/c1-21(2)17(26)23-9-7-22(8-10-23)14-11-20-24(16(25)15(14)19)13-5-3-12(18)4-6-13/h3-6,11H,7-10H2,1-2H3. The van der Waals surface area contributed by atoms with Gasteiger partial charge in [-0.2, -0.15) is 9.78 Å². The highest BCUT2D eigenvalue weighted by molar-refractivity contribution is 6.33. The highest BCUT2D eigenvalue weighted by Crippen LogP contribution is 2.23. The van der Waals surface area contributed by atoms with Gasteiger partial charge < -0.3 is 14.7 Å². The van der Waals surface area contributed by atoms with Gasteiger partial charge in [-0.05, 0) is 24.3 Å². The minimum absolute atomic E-state index is 0.0213. The summed E-state index contributed by atoms with van der Waals surface area (Å²) in [6, 6.07) is 6.77. The number of nitrogens with zero attached hydrogens (tertiary/aromatic N) is 5. The van der Waals surface area contributed by atoms with E-state index in [0.717, 1.165) is 0 Å². The van der Waals surface area contributed by atoms with Crippen LogP contribution in [0.15, 0.2) is 35.3 Å². The van der Waals surface area contributed by atoms with Crippen LogP contribution in [0.4, 0.5) is 10.5 Å². The van der Waals surface area contributed by atoms with Gasteiger partial charge in [0.2, 0.25) is 0 Å². The van der Waals surface area contributed by atoms with Crippen molar-refractivity contribution in [3.63, 3.8) is 0 Å². The maximum atomic E-state index is 12.6. The highest BCUT2D eigenvalue weighted by Gasteiger charge is 2.24. The molecule has 1 aliphatic heterocycles. The van der Waals surface area contributed by atoms with Crippen molar-refractivity contribution >= 4 is 34.9 Å². The van der Waals surface area contributed by atoms with E-state index in [2.05, 4.69) is 5.10 Å². The third-order valence-electron chi connectivity index (χ3n) is 4.25. The van der Waals surface area contributed by atoms with Crippen LogP contribution in [0, 0.1) is 0 Å². The quantitative estimate of drug-likeness (QED) is 0.782. The van der Waals surface area contributed by atoms with Gasteiger partial charge in [0.1, 0.15) is 5.02 Å². The van der Waals surface area contributed by atoms with Crippen molar-refractivity contribution in [2.45, 2.75) is 0 Å². The van der Waals surface area contributed by atoms with Gasteiger partial charge in [-0.25, -0.2) is 4.79 Å². The molecule has 2 heterocycles. The van der Waals surface area contributed by atoms with Crippen molar-refractivity contribution in [1.82, 2.24) is 19.6 Å². The molecular weight excluding hydrogens is 377 g/mol. The number of benzene rings is 1. The molecule has 0 radical (unpaired) electrons. The van der Waals surface area contributed by atoms with E-state index in [1.807, 2.05) is 4.90 Å². The predicted octanol–water partition coefficient (Wildman–Crippen LogP) is 2.34. The Morgan fingerprint density at radius 2 is 1.69 bits per heavy atom. The molecule has 26 heavy (non-hydrogen) atoms. The molecule has 0 spiro atoms. The summed E-state index contributed by atoms with van der Waals surface area (Å²) in [5, 5.41) is 4.93. The zero-order valence-corrected chi connectivity index (χ0v) is 16.0. The molecule has 2 aromatic rings. The first-order chi connectivity index (χ1) is 12.4. The fourth-order valence-corrected chi connectivity index (χ4v) is 3.21. The molecule has 3 rings (SSSR count). The Hall–Kier alpha value is -2.25. The number of carbonyl (C=O) groups is 1. The molecule has 0 atom stereocenters. The van der Waals surface area contributed by atoms with Crippen LogP contribution in [0.2, 0.25) is 10.0 Å². The van der Waals surface area contributed by atoms with Crippen LogP contribution >= 0.6 is 23.2 Å². The first-order valence-corrected chi connectivity index (χ1v) is 8.89. The van der Waals surface area contributed by atoms with E-state index in [1.54, 1.807) is 54.4 Å². The lowest BCUT2D eigenvalue weighted by Crippen LogP contribution is -2.51. The maximum absolute atomic E-state index is 12.6. The van der Waals surface area contributed by atoms with Gasteiger partial charge in [0.05, 0.1) is 17.6 Å². The number of urea groups is 1. The lowest BCUT2D eigenvalue weighted by atomic mass is 10.3. The Kier molecular flexibility index (Phi) is 5.38. The molecule has 0 N–H and O–H groups in total.